The van der Waals surface area contributed by atoms with Gasteiger partial charge < -0.3 is 15.0 Å². The average Bonchev–Trinajstić information content (AvgIpc) is 2.87. The molecule has 1 aromatic rings. The van der Waals surface area contributed by atoms with E-state index in [0.717, 1.165) is 37.7 Å². The molecule has 1 rings (SSSR count). The second-order valence-corrected chi connectivity index (χ2v) is 4.98. The molecule has 19 heavy (non-hydrogen) atoms. The lowest BCUT2D eigenvalue weighted by Crippen LogP contribution is -2.29. The van der Waals surface area contributed by atoms with Gasteiger partial charge in [-0.1, -0.05) is 13.8 Å². The minimum Gasteiger partial charge on any atom is -0.461 e. The van der Waals surface area contributed by atoms with Crippen molar-refractivity contribution in [3.8, 4) is 0 Å². The first-order chi connectivity index (χ1) is 9.21. The van der Waals surface area contributed by atoms with Gasteiger partial charge >= 0.3 is 5.97 Å². The Morgan fingerprint density at radius 2 is 2.21 bits per heavy atom. The quantitative estimate of drug-likeness (QED) is 0.706. The van der Waals surface area contributed by atoms with Crippen molar-refractivity contribution in [1.82, 2.24) is 9.88 Å². The van der Waals surface area contributed by atoms with Crippen molar-refractivity contribution in [1.29, 1.82) is 0 Å². The van der Waals surface area contributed by atoms with Crippen LogP contribution in [-0.4, -0.2) is 48.6 Å². The van der Waals surface area contributed by atoms with Crippen LogP contribution < -0.4 is 5.32 Å². The molecule has 0 saturated carbocycles. The highest BCUT2D eigenvalue weighted by atomic mass is 32.1. The number of aromatic nitrogens is 1. The number of nitrogens with one attached hydrogen (secondary N) is 1. The first-order valence-electron chi connectivity index (χ1n) is 6.80. The Hall–Kier alpha value is -1.14. The Balaban J connectivity index is 2.35. The molecule has 0 amide bonds. The van der Waals surface area contributed by atoms with Crippen LogP contribution in [0.15, 0.2) is 5.38 Å². The lowest BCUT2D eigenvalue weighted by Gasteiger charge is -2.19. The molecule has 0 unspecified atom stereocenters. The Kier molecular flexibility index (Phi) is 7.43. The van der Waals surface area contributed by atoms with Crippen molar-refractivity contribution in [2.24, 2.45) is 0 Å². The van der Waals surface area contributed by atoms with E-state index < -0.39 is 0 Å². The van der Waals surface area contributed by atoms with E-state index in [0.29, 0.717) is 12.3 Å². The fourth-order valence-electron chi connectivity index (χ4n) is 1.72. The topological polar surface area (TPSA) is 54.5 Å². The molecule has 0 radical (unpaired) electrons. The summed E-state index contributed by atoms with van der Waals surface area (Å²) in [5, 5.41) is 5.74. The third-order valence-electron chi connectivity index (χ3n) is 2.68. The zero-order chi connectivity index (χ0) is 14.1. The summed E-state index contributed by atoms with van der Waals surface area (Å²) < 4.78 is 4.90. The molecule has 5 nitrogen and oxygen atoms in total. The molecular formula is C13H23N3O2S. The zero-order valence-electron chi connectivity index (χ0n) is 11.9. The fraction of sp³-hybridized carbons (Fsp3) is 0.692. The van der Waals surface area contributed by atoms with Crippen molar-refractivity contribution in [3.63, 3.8) is 0 Å². The highest BCUT2D eigenvalue weighted by Crippen LogP contribution is 2.15. The number of hydrogen-bond acceptors (Lipinski definition) is 6. The SMILES string of the molecule is CCCN(CC)CCNc1nc(C(=O)OCC)cs1. The molecule has 0 atom stereocenters. The summed E-state index contributed by atoms with van der Waals surface area (Å²) in [4.78, 5) is 18.1. The highest BCUT2D eigenvalue weighted by Gasteiger charge is 2.11. The first-order valence-corrected chi connectivity index (χ1v) is 7.68. The number of carbonyl (C=O) groups is 1. The first kappa shape index (κ1) is 15.9. The average molecular weight is 285 g/mol. The standard InChI is InChI=1S/C13H23N3O2S/c1-4-8-16(5-2)9-7-14-13-15-11(10-19-13)12(17)18-6-3/h10H,4-9H2,1-3H3,(H,14,15). The molecule has 0 fully saturated rings. The Bertz CT molecular complexity index is 382. The van der Waals surface area contributed by atoms with Crippen LogP contribution in [0.2, 0.25) is 0 Å². The lowest BCUT2D eigenvalue weighted by atomic mass is 10.4. The van der Waals surface area contributed by atoms with Crippen molar-refractivity contribution in [3.05, 3.63) is 11.1 Å². The summed E-state index contributed by atoms with van der Waals surface area (Å²) >= 11 is 1.43. The van der Waals surface area contributed by atoms with Crippen molar-refractivity contribution < 1.29 is 9.53 Å². The molecule has 0 aromatic carbocycles. The summed E-state index contributed by atoms with van der Waals surface area (Å²) in [6, 6.07) is 0. The molecule has 0 aliphatic carbocycles. The van der Waals surface area contributed by atoms with Gasteiger partial charge in [-0.3, -0.25) is 0 Å². The van der Waals surface area contributed by atoms with E-state index in [1.165, 1.54) is 11.3 Å². The molecule has 0 spiro atoms. The minimum absolute atomic E-state index is 0.354. The van der Waals surface area contributed by atoms with Gasteiger partial charge in [-0.25, -0.2) is 9.78 Å². The van der Waals surface area contributed by atoms with E-state index in [4.69, 9.17) is 4.74 Å². The van der Waals surface area contributed by atoms with Crippen LogP contribution in [0.25, 0.3) is 0 Å². The molecule has 0 aliphatic rings. The molecular weight excluding hydrogens is 262 g/mol. The third-order valence-corrected chi connectivity index (χ3v) is 3.48. The normalized spacial score (nSPS) is 10.7. The van der Waals surface area contributed by atoms with E-state index in [1.807, 2.05) is 0 Å². The maximum atomic E-state index is 11.5. The molecule has 6 heteroatoms. The van der Waals surface area contributed by atoms with Gasteiger partial charge in [0.2, 0.25) is 0 Å². The van der Waals surface area contributed by atoms with Crippen LogP contribution in [0.4, 0.5) is 5.13 Å². The monoisotopic (exact) mass is 285 g/mol. The maximum Gasteiger partial charge on any atom is 0.357 e. The molecule has 0 aliphatic heterocycles. The van der Waals surface area contributed by atoms with E-state index in [-0.39, 0.29) is 5.97 Å². The number of esters is 1. The van der Waals surface area contributed by atoms with E-state index in [1.54, 1.807) is 12.3 Å². The highest BCUT2D eigenvalue weighted by molar-refractivity contribution is 7.13. The van der Waals surface area contributed by atoms with Gasteiger partial charge in [0, 0.05) is 18.5 Å². The zero-order valence-corrected chi connectivity index (χ0v) is 12.8. The number of anilines is 1. The summed E-state index contributed by atoms with van der Waals surface area (Å²) in [7, 11) is 0. The molecule has 1 aromatic heterocycles. The van der Waals surface area contributed by atoms with E-state index >= 15 is 0 Å². The second-order valence-electron chi connectivity index (χ2n) is 4.12. The Morgan fingerprint density at radius 1 is 1.42 bits per heavy atom. The van der Waals surface area contributed by atoms with Crippen LogP contribution in [0.1, 0.15) is 37.7 Å². The molecule has 0 bridgehead atoms. The van der Waals surface area contributed by atoms with Gasteiger partial charge in [0.05, 0.1) is 6.61 Å². The Labute approximate surface area is 119 Å². The van der Waals surface area contributed by atoms with Crippen LogP contribution in [0.5, 0.6) is 0 Å². The fourth-order valence-corrected chi connectivity index (χ4v) is 2.43. The van der Waals surface area contributed by atoms with Crippen LogP contribution in [-0.2, 0) is 4.74 Å². The van der Waals surface area contributed by atoms with Crippen molar-refractivity contribution in [2.45, 2.75) is 27.2 Å². The van der Waals surface area contributed by atoms with Gasteiger partial charge in [0.25, 0.3) is 0 Å². The number of rotatable bonds is 9. The second kappa shape index (κ2) is 8.87. The third kappa shape index (κ3) is 5.57. The largest absolute Gasteiger partial charge is 0.461 e. The number of hydrogen-bond donors (Lipinski definition) is 1. The van der Waals surface area contributed by atoms with Gasteiger partial charge in [0.15, 0.2) is 10.8 Å². The summed E-state index contributed by atoms with van der Waals surface area (Å²) in [5.41, 5.74) is 0.384. The number of nitrogens with zero attached hydrogens (tertiary/aromatic N) is 2. The van der Waals surface area contributed by atoms with Gasteiger partial charge in [-0.05, 0) is 26.4 Å². The van der Waals surface area contributed by atoms with Gasteiger partial charge in [-0.2, -0.15) is 0 Å². The van der Waals surface area contributed by atoms with Crippen LogP contribution in [0, 0.1) is 0 Å². The summed E-state index contributed by atoms with van der Waals surface area (Å²) in [6.45, 7) is 10.5. The maximum absolute atomic E-state index is 11.5. The van der Waals surface area contributed by atoms with Crippen LogP contribution in [0.3, 0.4) is 0 Å². The number of thiazole rings is 1. The predicted octanol–water partition coefficient (Wildman–Crippen LogP) is 2.46. The summed E-state index contributed by atoms with van der Waals surface area (Å²) in [5.74, 6) is -0.354. The minimum atomic E-state index is -0.354. The van der Waals surface area contributed by atoms with Crippen molar-refractivity contribution in [2.75, 3.05) is 38.1 Å². The molecule has 1 N–H and O–H groups in total. The number of ether oxygens (including phenoxy) is 1. The van der Waals surface area contributed by atoms with Crippen LogP contribution >= 0.6 is 11.3 Å². The predicted molar refractivity (Wildman–Crippen MR) is 79.0 cm³/mol. The summed E-state index contributed by atoms with van der Waals surface area (Å²) in [6.07, 6.45) is 1.16. The Morgan fingerprint density at radius 3 is 2.84 bits per heavy atom. The number of carbonyl (C=O) groups excluding carboxylic acids is 1. The van der Waals surface area contributed by atoms with Gasteiger partial charge in [0.1, 0.15) is 0 Å². The lowest BCUT2D eigenvalue weighted by molar-refractivity contribution is 0.0520. The molecule has 1 heterocycles. The molecule has 0 saturated heterocycles. The molecule has 108 valence electrons. The number of likely N-dealkylation sites (N-methyl/N-ethyl adjacent to an activating group) is 1. The van der Waals surface area contributed by atoms with Crippen molar-refractivity contribution >= 4 is 22.4 Å². The van der Waals surface area contributed by atoms with Gasteiger partial charge in [-0.15, -0.1) is 11.3 Å². The van der Waals surface area contributed by atoms with E-state index in [2.05, 4.69) is 29.0 Å². The van der Waals surface area contributed by atoms with E-state index in [9.17, 15) is 4.79 Å². The smallest absolute Gasteiger partial charge is 0.357 e.